The average Bonchev–Trinajstić information content (AvgIpc) is 2.54. The summed E-state index contributed by atoms with van der Waals surface area (Å²) in [5.41, 5.74) is 4.17. The van der Waals surface area contributed by atoms with Gasteiger partial charge in [-0.3, -0.25) is 4.98 Å². The van der Waals surface area contributed by atoms with Crippen molar-refractivity contribution >= 4 is 16.9 Å². The highest BCUT2D eigenvalue weighted by atomic mass is 15.2. The van der Waals surface area contributed by atoms with Gasteiger partial charge in [-0.1, -0.05) is 12.1 Å². The van der Waals surface area contributed by atoms with Gasteiger partial charge in [-0.2, -0.15) is 0 Å². The lowest BCUT2D eigenvalue weighted by atomic mass is 10.1. The van der Waals surface area contributed by atoms with Crippen molar-refractivity contribution in [3.8, 4) is 0 Å². The molecule has 0 atom stereocenters. The molecule has 5 nitrogen and oxygen atoms in total. The predicted molar refractivity (Wildman–Crippen MR) is 76.3 cm³/mol. The van der Waals surface area contributed by atoms with Crippen LogP contribution in [-0.2, 0) is 13.0 Å². The molecular weight excluding hydrogens is 250 g/mol. The first-order chi connectivity index (χ1) is 9.90. The van der Waals surface area contributed by atoms with E-state index in [1.54, 1.807) is 6.33 Å². The molecule has 0 saturated carbocycles. The van der Waals surface area contributed by atoms with Crippen LogP contribution in [0.3, 0.4) is 0 Å². The van der Waals surface area contributed by atoms with Crippen LogP contribution < -0.4 is 4.90 Å². The first-order valence-electron chi connectivity index (χ1n) is 6.65. The third-order valence-electron chi connectivity index (χ3n) is 3.63. The standard InChI is InChI=1S/C15H13N5/c1-2-4-13-12(3-1)17-8-15(19-13)20-6-5-11-7-16-10-18-14(11)9-20/h1-4,7-8,10H,5-6,9H2. The predicted octanol–water partition coefficient (Wildman–Crippen LogP) is 1.98. The molecule has 98 valence electrons. The normalized spacial score (nSPS) is 14.3. The molecule has 4 rings (SSSR count). The van der Waals surface area contributed by atoms with Crippen LogP contribution in [0.1, 0.15) is 11.3 Å². The summed E-state index contributed by atoms with van der Waals surface area (Å²) in [6, 6.07) is 7.93. The number of aromatic nitrogens is 4. The Morgan fingerprint density at radius 3 is 2.85 bits per heavy atom. The number of anilines is 1. The molecular formula is C15H13N5. The molecule has 0 unspecified atom stereocenters. The lowest BCUT2D eigenvalue weighted by Crippen LogP contribution is -2.31. The second kappa shape index (κ2) is 4.52. The van der Waals surface area contributed by atoms with Crippen LogP contribution in [0.4, 0.5) is 5.82 Å². The molecule has 0 radical (unpaired) electrons. The molecule has 5 heteroatoms. The minimum atomic E-state index is 0.769. The molecule has 1 aromatic carbocycles. The van der Waals surface area contributed by atoms with Gasteiger partial charge < -0.3 is 4.90 Å². The Balaban J connectivity index is 1.70. The maximum Gasteiger partial charge on any atom is 0.148 e. The minimum Gasteiger partial charge on any atom is -0.349 e. The summed E-state index contributed by atoms with van der Waals surface area (Å²) in [5, 5.41) is 0. The zero-order valence-corrected chi connectivity index (χ0v) is 10.9. The maximum atomic E-state index is 4.69. The Morgan fingerprint density at radius 1 is 1.00 bits per heavy atom. The summed E-state index contributed by atoms with van der Waals surface area (Å²) in [6.07, 6.45) is 6.30. The number of hydrogen-bond acceptors (Lipinski definition) is 5. The fourth-order valence-corrected chi connectivity index (χ4v) is 2.55. The van der Waals surface area contributed by atoms with E-state index in [-0.39, 0.29) is 0 Å². The average molecular weight is 263 g/mol. The Labute approximate surface area is 116 Å². The Morgan fingerprint density at radius 2 is 1.90 bits per heavy atom. The summed E-state index contributed by atoms with van der Waals surface area (Å²) in [7, 11) is 0. The monoisotopic (exact) mass is 263 g/mol. The Hall–Kier alpha value is -2.56. The van der Waals surface area contributed by atoms with Gasteiger partial charge in [-0.05, 0) is 24.1 Å². The highest BCUT2D eigenvalue weighted by Gasteiger charge is 2.18. The van der Waals surface area contributed by atoms with Crippen LogP contribution in [-0.4, -0.2) is 26.5 Å². The highest BCUT2D eigenvalue weighted by molar-refractivity contribution is 5.75. The van der Waals surface area contributed by atoms with Gasteiger partial charge >= 0.3 is 0 Å². The van der Waals surface area contributed by atoms with E-state index < -0.39 is 0 Å². The quantitative estimate of drug-likeness (QED) is 0.672. The molecule has 0 N–H and O–H groups in total. The van der Waals surface area contributed by atoms with Crippen molar-refractivity contribution in [2.45, 2.75) is 13.0 Å². The lowest BCUT2D eigenvalue weighted by Gasteiger charge is -2.28. The van der Waals surface area contributed by atoms with Gasteiger partial charge in [0.1, 0.15) is 12.1 Å². The van der Waals surface area contributed by atoms with Crippen molar-refractivity contribution in [1.82, 2.24) is 19.9 Å². The molecule has 3 heterocycles. The molecule has 0 spiro atoms. The van der Waals surface area contributed by atoms with E-state index in [9.17, 15) is 0 Å². The van der Waals surface area contributed by atoms with Crippen molar-refractivity contribution in [3.05, 3.63) is 54.2 Å². The van der Waals surface area contributed by atoms with Crippen LogP contribution in [0.25, 0.3) is 11.0 Å². The fourth-order valence-electron chi connectivity index (χ4n) is 2.55. The van der Waals surface area contributed by atoms with Gasteiger partial charge in [0, 0.05) is 12.7 Å². The number of para-hydroxylation sites is 2. The topological polar surface area (TPSA) is 54.8 Å². The summed E-state index contributed by atoms with van der Waals surface area (Å²) in [6.45, 7) is 1.69. The third-order valence-corrected chi connectivity index (χ3v) is 3.63. The van der Waals surface area contributed by atoms with Crippen molar-refractivity contribution in [1.29, 1.82) is 0 Å². The van der Waals surface area contributed by atoms with Crippen molar-refractivity contribution in [3.63, 3.8) is 0 Å². The maximum absolute atomic E-state index is 4.69. The van der Waals surface area contributed by atoms with Crippen LogP contribution in [0.2, 0.25) is 0 Å². The molecule has 2 aromatic heterocycles. The third kappa shape index (κ3) is 1.87. The van der Waals surface area contributed by atoms with E-state index in [0.29, 0.717) is 0 Å². The van der Waals surface area contributed by atoms with Gasteiger partial charge in [0.05, 0.1) is 29.5 Å². The van der Waals surface area contributed by atoms with Crippen LogP contribution in [0.15, 0.2) is 43.0 Å². The second-order valence-electron chi connectivity index (χ2n) is 4.88. The zero-order valence-electron chi connectivity index (χ0n) is 10.9. The molecule has 0 saturated heterocycles. The van der Waals surface area contributed by atoms with E-state index in [1.807, 2.05) is 36.7 Å². The molecule has 0 bridgehead atoms. The minimum absolute atomic E-state index is 0.769. The van der Waals surface area contributed by atoms with Crippen LogP contribution >= 0.6 is 0 Å². The van der Waals surface area contributed by atoms with E-state index >= 15 is 0 Å². The molecule has 0 fully saturated rings. The van der Waals surface area contributed by atoms with E-state index in [0.717, 1.165) is 42.1 Å². The fraction of sp³-hybridized carbons (Fsp3) is 0.200. The zero-order chi connectivity index (χ0) is 13.4. The largest absolute Gasteiger partial charge is 0.349 e. The van der Waals surface area contributed by atoms with E-state index in [1.165, 1.54) is 5.56 Å². The molecule has 0 amide bonds. The molecule has 1 aliphatic rings. The first kappa shape index (κ1) is 11.3. The number of benzene rings is 1. The van der Waals surface area contributed by atoms with Crippen LogP contribution in [0, 0.1) is 0 Å². The molecule has 20 heavy (non-hydrogen) atoms. The van der Waals surface area contributed by atoms with Gasteiger partial charge in [0.25, 0.3) is 0 Å². The van der Waals surface area contributed by atoms with Gasteiger partial charge in [0.15, 0.2) is 0 Å². The number of rotatable bonds is 1. The summed E-state index contributed by atoms with van der Waals surface area (Å²) < 4.78 is 0. The Bertz CT molecular complexity index is 771. The second-order valence-corrected chi connectivity index (χ2v) is 4.88. The smallest absolute Gasteiger partial charge is 0.148 e. The van der Waals surface area contributed by atoms with Crippen molar-refractivity contribution in [2.75, 3.05) is 11.4 Å². The summed E-state index contributed by atoms with van der Waals surface area (Å²) in [5.74, 6) is 0.910. The number of nitrogens with zero attached hydrogens (tertiary/aromatic N) is 5. The Kier molecular flexibility index (Phi) is 2.55. The number of fused-ring (bicyclic) bond motifs is 2. The highest BCUT2D eigenvalue weighted by Crippen LogP contribution is 2.22. The van der Waals surface area contributed by atoms with Gasteiger partial charge in [-0.15, -0.1) is 0 Å². The van der Waals surface area contributed by atoms with Crippen LogP contribution in [0.5, 0.6) is 0 Å². The first-order valence-corrected chi connectivity index (χ1v) is 6.65. The SMILES string of the molecule is c1ccc2nc(N3CCc4cncnc4C3)cnc2c1. The van der Waals surface area contributed by atoms with Crippen molar-refractivity contribution in [2.24, 2.45) is 0 Å². The van der Waals surface area contributed by atoms with Gasteiger partial charge in [0.2, 0.25) is 0 Å². The van der Waals surface area contributed by atoms with Gasteiger partial charge in [-0.25, -0.2) is 15.0 Å². The molecule has 3 aromatic rings. The van der Waals surface area contributed by atoms with Crippen molar-refractivity contribution < 1.29 is 0 Å². The number of hydrogen-bond donors (Lipinski definition) is 0. The lowest BCUT2D eigenvalue weighted by molar-refractivity contribution is 0.694. The molecule has 0 aliphatic carbocycles. The summed E-state index contributed by atoms with van der Waals surface area (Å²) in [4.78, 5) is 19.8. The summed E-state index contributed by atoms with van der Waals surface area (Å²) >= 11 is 0. The van der Waals surface area contributed by atoms with E-state index in [2.05, 4.69) is 19.9 Å². The molecule has 1 aliphatic heterocycles. The van der Waals surface area contributed by atoms with E-state index in [4.69, 9.17) is 4.98 Å².